The lowest BCUT2D eigenvalue weighted by molar-refractivity contribution is 0.0690. The van der Waals surface area contributed by atoms with Crippen molar-refractivity contribution < 1.29 is 18.7 Å². The largest absolute Gasteiger partial charge is 0.478 e. The van der Waals surface area contributed by atoms with Crippen molar-refractivity contribution in [2.24, 2.45) is 0 Å². The van der Waals surface area contributed by atoms with Gasteiger partial charge in [0, 0.05) is 19.1 Å². The quantitative estimate of drug-likeness (QED) is 0.892. The molecule has 1 saturated heterocycles. The van der Waals surface area contributed by atoms with Gasteiger partial charge in [0.1, 0.15) is 0 Å². The van der Waals surface area contributed by atoms with Crippen LogP contribution in [0.1, 0.15) is 30.1 Å². The van der Waals surface area contributed by atoms with Crippen molar-refractivity contribution in [2.45, 2.75) is 25.8 Å². The molecular formula is C14H18F2N2O2. The van der Waals surface area contributed by atoms with Gasteiger partial charge in [-0.3, -0.25) is 0 Å². The summed E-state index contributed by atoms with van der Waals surface area (Å²) in [5.74, 6) is -3.90. The highest BCUT2D eigenvalue weighted by Crippen LogP contribution is 2.23. The standard InChI is InChI=1S/C14H18F2N2O2/c1-2-18-7-5-9(6-8-18)17-11-4-3-10(14(19)20)12(15)13(11)16/h3-4,9,17H,2,5-8H2,1H3,(H,19,20). The Labute approximate surface area is 116 Å². The van der Waals surface area contributed by atoms with E-state index < -0.39 is 23.2 Å². The summed E-state index contributed by atoms with van der Waals surface area (Å²) in [6.45, 7) is 4.92. The number of anilines is 1. The maximum atomic E-state index is 13.8. The Morgan fingerprint density at radius 3 is 2.55 bits per heavy atom. The number of nitrogens with zero attached hydrogens (tertiary/aromatic N) is 1. The molecule has 4 nitrogen and oxygen atoms in total. The van der Waals surface area contributed by atoms with Gasteiger partial charge in [0.05, 0.1) is 11.3 Å². The molecule has 0 atom stereocenters. The van der Waals surface area contributed by atoms with E-state index in [0.717, 1.165) is 38.5 Å². The van der Waals surface area contributed by atoms with Crippen LogP contribution >= 0.6 is 0 Å². The van der Waals surface area contributed by atoms with E-state index in [9.17, 15) is 13.6 Å². The Bertz CT molecular complexity index is 500. The highest BCUT2D eigenvalue weighted by Gasteiger charge is 2.22. The maximum absolute atomic E-state index is 13.8. The Kier molecular flexibility index (Phi) is 4.54. The van der Waals surface area contributed by atoms with E-state index in [0.29, 0.717) is 0 Å². The van der Waals surface area contributed by atoms with Crippen LogP contribution < -0.4 is 5.32 Å². The molecule has 0 spiro atoms. The molecular weight excluding hydrogens is 266 g/mol. The third kappa shape index (κ3) is 3.07. The summed E-state index contributed by atoms with van der Waals surface area (Å²) >= 11 is 0. The number of halogens is 2. The van der Waals surface area contributed by atoms with Gasteiger partial charge in [-0.2, -0.15) is 0 Å². The second kappa shape index (κ2) is 6.17. The molecule has 6 heteroatoms. The van der Waals surface area contributed by atoms with E-state index in [4.69, 9.17) is 5.11 Å². The number of benzene rings is 1. The molecule has 0 bridgehead atoms. The Morgan fingerprint density at radius 1 is 1.35 bits per heavy atom. The zero-order valence-corrected chi connectivity index (χ0v) is 11.3. The fourth-order valence-electron chi connectivity index (χ4n) is 2.44. The van der Waals surface area contributed by atoms with E-state index in [1.54, 1.807) is 0 Å². The molecule has 0 aliphatic carbocycles. The smallest absolute Gasteiger partial charge is 0.338 e. The summed E-state index contributed by atoms with van der Waals surface area (Å²) < 4.78 is 27.4. The van der Waals surface area contributed by atoms with E-state index in [1.165, 1.54) is 6.07 Å². The molecule has 1 aromatic rings. The first-order valence-electron chi connectivity index (χ1n) is 6.73. The third-order valence-electron chi connectivity index (χ3n) is 3.71. The summed E-state index contributed by atoms with van der Waals surface area (Å²) in [6.07, 6.45) is 1.71. The monoisotopic (exact) mass is 284 g/mol. The number of hydrogen-bond acceptors (Lipinski definition) is 3. The summed E-state index contributed by atoms with van der Waals surface area (Å²) in [7, 11) is 0. The van der Waals surface area contributed by atoms with Crippen molar-refractivity contribution in [3.8, 4) is 0 Å². The summed E-state index contributed by atoms with van der Waals surface area (Å²) in [4.78, 5) is 13.0. The molecule has 0 amide bonds. The normalized spacial score (nSPS) is 17.1. The summed E-state index contributed by atoms with van der Waals surface area (Å²) in [6, 6.07) is 2.46. The van der Waals surface area contributed by atoms with Crippen LogP contribution in [0.2, 0.25) is 0 Å². The number of carboxylic acid groups (broad SMARTS) is 1. The van der Waals surface area contributed by atoms with Crippen LogP contribution in [0.4, 0.5) is 14.5 Å². The first-order valence-corrected chi connectivity index (χ1v) is 6.73. The minimum atomic E-state index is -1.47. The van der Waals surface area contributed by atoms with Gasteiger partial charge in [-0.1, -0.05) is 6.92 Å². The third-order valence-corrected chi connectivity index (χ3v) is 3.71. The van der Waals surface area contributed by atoms with Gasteiger partial charge in [0.2, 0.25) is 0 Å². The first-order chi connectivity index (χ1) is 9.52. The molecule has 20 heavy (non-hydrogen) atoms. The summed E-state index contributed by atoms with van der Waals surface area (Å²) in [5.41, 5.74) is -0.615. The molecule has 0 aromatic heterocycles. The molecule has 2 rings (SSSR count). The molecule has 0 saturated carbocycles. The number of piperidine rings is 1. The van der Waals surface area contributed by atoms with Crippen LogP contribution in [0.5, 0.6) is 0 Å². The minimum Gasteiger partial charge on any atom is -0.478 e. The fraction of sp³-hybridized carbons (Fsp3) is 0.500. The van der Waals surface area contributed by atoms with Gasteiger partial charge in [0.15, 0.2) is 11.6 Å². The molecule has 1 aliphatic rings. The molecule has 0 radical (unpaired) electrons. The van der Waals surface area contributed by atoms with Crippen molar-refractivity contribution in [2.75, 3.05) is 25.0 Å². The van der Waals surface area contributed by atoms with Crippen LogP contribution in [0.3, 0.4) is 0 Å². The lowest BCUT2D eigenvalue weighted by atomic mass is 10.0. The number of carbonyl (C=O) groups is 1. The zero-order chi connectivity index (χ0) is 14.7. The lowest BCUT2D eigenvalue weighted by Gasteiger charge is -2.32. The van der Waals surface area contributed by atoms with Crippen LogP contribution in [-0.2, 0) is 0 Å². The molecule has 2 N–H and O–H groups in total. The van der Waals surface area contributed by atoms with Gasteiger partial charge in [-0.25, -0.2) is 13.6 Å². The molecule has 1 aromatic carbocycles. The number of carboxylic acids is 1. The minimum absolute atomic E-state index is 0.0300. The molecule has 110 valence electrons. The topological polar surface area (TPSA) is 52.6 Å². The van der Waals surface area contributed by atoms with Gasteiger partial charge in [-0.15, -0.1) is 0 Å². The highest BCUT2D eigenvalue weighted by molar-refractivity contribution is 5.88. The van der Waals surface area contributed by atoms with E-state index in [-0.39, 0.29) is 11.7 Å². The summed E-state index contributed by atoms with van der Waals surface area (Å²) in [5, 5.41) is 11.7. The predicted molar refractivity (Wildman–Crippen MR) is 72.1 cm³/mol. The average molecular weight is 284 g/mol. The van der Waals surface area contributed by atoms with Crippen LogP contribution in [0.15, 0.2) is 12.1 Å². The van der Waals surface area contributed by atoms with Crippen LogP contribution in [0.25, 0.3) is 0 Å². The van der Waals surface area contributed by atoms with Crippen molar-refractivity contribution in [3.63, 3.8) is 0 Å². The molecule has 1 heterocycles. The van der Waals surface area contributed by atoms with E-state index in [1.807, 2.05) is 0 Å². The second-order valence-electron chi connectivity index (χ2n) is 4.95. The van der Waals surface area contributed by atoms with Gasteiger partial charge in [0.25, 0.3) is 0 Å². The number of likely N-dealkylation sites (tertiary alicyclic amines) is 1. The van der Waals surface area contributed by atoms with Crippen molar-refractivity contribution >= 4 is 11.7 Å². The maximum Gasteiger partial charge on any atom is 0.338 e. The lowest BCUT2D eigenvalue weighted by Crippen LogP contribution is -2.39. The number of hydrogen-bond donors (Lipinski definition) is 2. The molecule has 0 unspecified atom stereocenters. The van der Waals surface area contributed by atoms with Crippen molar-refractivity contribution in [1.82, 2.24) is 4.90 Å². The van der Waals surface area contributed by atoms with E-state index in [2.05, 4.69) is 17.1 Å². The van der Waals surface area contributed by atoms with Crippen molar-refractivity contribution in [3.05, 3.63) is 29.3 Å². The average Bonchev–Trinajstić information content (AvgIpc) is 2.44. The second-order valence-corrected chi connectivity index (χ2v) is 4.95. The Hall–Kier alpha value is -1.69. The van der Waals surface area contributed by atoms with Crippen LogP contribution in [-0.4, -0.2) is 41.7 Å². The zero-order valence-electron chi connectivity index (χ0n) is 11.3. The number of aromatic carboxylic acids is 1. The number of nitrogens with one attached hydrogen (secondary N) is 1. The Balaban J connectivity index is 2.07. The van der Waals surface area contributed by atoms with E-state index >= 15 is 0 Å². The predicted octanol–water partition coefficient (Wildman–Crippen LogP) is 2.56. The van der Waals surface area contributed by atoms with Gasteiger partial charge >= 0.3 is 5.97 Å². The van der Waals surface area contributed by atoms with Crippen LogP contribution in [0, 0.1) is 11.6 Å². The Morgan fingerprint density at radius 2 is 2.00 bits per heavy atom. The number of rotatable bonds is 4. The van der Waals surface area contributed by atoms with Gasteiger partial charge in [-0.05, 0) is 31.5 Å². The van der Waals surface area contributed by atoms with Crippen molar-refractivity contribution in [1.29, 1.82) is 0 Å². The van der Waals surface area contributed by atoms with Gasteiger partial charge < -0.3 is 15.3 Å². The fourth-order valence-corrected chi connectivity index (χ4v) is 2.44. The highest BCUT2D eigenvalue weighted by atomic mass is 19.2. The molecule has 1 aliphatic heterocycles. The molecule has 1 fully saturated rings. The SMILES string of the molecule is CCN1CCC(Nc2ccc(C(=O)O)c(F)c2F)CC1. The first kappa shape index (κ1) is 14.7.